The summed E-state index contributed by atoms with van der Waals surface area (Å²) >= 11 is 5.98. The van der Waals surface area contributed by atoms with Gasteiger partial charge in [-0.05, 0) is 67.4 Å². The van der Waals surface area contributed by atoms with Crippen LogP contribution in [0.2, 0.25) is 5.02 Å². The Bertz CT molecular complexity index is 1780. The molecule has 1 aliphatic heterocycles. The average Bonchev–Trinajstić information content (AvgIpc) is 3.00. The first-order valence-corrected chi connectivity index (χ1v) is 14.1. The van der Waals surface area contributed by atoms with Crippen LogP contribution in [0.25, 0.3) is 0 Å². The highest BCUT2D eigenvalue weighted by atomic mass is 35.5. The number of halogens is 2. The SMILES string of the molecule is CCOc1cc(C2C(C#N)=C(N)Oc3cc(OC(=O)COc4ccc(Cl)cc4C)ccc32)ccc1OCc1ccccc1F. The number of hydrogen-bond acceptors (Lipinski definition) is 8. The van der Waals surface area contributed by atoms with Gasteiger partial charge in [-0.25, -0.2) is 9.18 Å². The van der Waals surface area contributed by atoms with E-state index < -0.39 is 11.9 Å². The molecule has 0 aliphatic carbocycles. The normalized spacial score (nSPS) is 13.8. The molecule has 0 saturated carbocycles. The Labute approximate surface area is 258 Å². The molecule has 4 aromatic carbocycles. The number of rotatable bonds is 10. The number of esters is 1. The van der Waals surface area contributed by atoms with Gasteiger partial charge >= 0.3 is 5.97 Å². The van der Waals surface area contributed by atoms with E-state index in [9.17, 15) is 14.4 Å². The van der Waals surface area contributed by atoms with Crippen molar-refractivity contribution in [2.45, 2.75) is 26.4 Å². The second kappa shape index (κ2) is 13.4. The van der Waals surface area contributed by atoms with Gasteiger partial charge in [-0.15, -0.1) is 0 Å². The van der Waals surface area contributed by atoms with Gasteiger partial charge in [0.2, 0.25) is 5.88 Å². The van der Waals surface area contributed by atoms with E-state index in [1.165, 1.54) is 12.1 Å². The Morgan fingerprint density at radius 2 is 1.80 bits per heavy atom. The average molecular weight is 615 g/mol. The fraction of sp³-hybridized carbons (Fsp3) is 0.176. The Morgan fingerprint density at radius 1 is 1.00 bits per heavy atom. The lowest BCUT2D eigenvalue weighted by Gasteiger charge is -2.27. The summed E-state index contributed by atoms with van der Waals surface area (Å²) in [6, 6.07) is 23.7. The van der Waals surface area contributed by atoms with Crippen LogP contribution in [0.3, 0.4) is 0 Å². The first-order valence-electron chi connectivity index (χ1n) is 13.7. The standard InChI is InChI=1S/C34H28ClFN2O6/c1-3-40-31-15-21(8-12-29(31)41-18-22-6-4-5-7-27(22)36)33-25-11-10-24(16-30(25)44-34(38)26(33)17-37)43-32(39)19-42-28-13-9-23(35)14-20(28)2/h4-16,33H,3,18-19,38H2,1-2H3. The minimum Gasteiger partial charge on any atom is -0.490 e. The van der Waals surface area contributed by atoms with Gasteiger partial charge < -0.3 is 29.4 Å². The van der Waals surface area contributed by atoms with Crippen molar-refractivity contribution in [3.63, 3.8) is 0 Å². The largest absolute Gasteiger partial charge is 0.490 e. The summed E-state index contributed by atoms with van der Waals surface area (Å²) in [6.07, 6.45) is 0. The molecule has 0 amide bonds. The second-order valence-corrected chi connectivity index (χ2v) is 10.3. The van der Waals surface area contributed by atoms with Gasteiger partial charge in [0, 0.05) is 22.2 Å². The van der Waals surface area contributed by atoms with E-state index in [4.69, 9.17) is 41.0 Å². The minimum atomic E-state index is -0.625. The molecule has 1 aliphatic rings. The molecule has 2 N–H and O–H groups in total. The maximum atomic E-state index is 14.1. The Morgan fingerprint density at radius 3 is 2.55 bits per heavy atom. The number of nitriles is 1. The van der Waals surface area contributed by atoms with Crippen LogP contribution in [0.5, 0.6) is 28.7 Å². The fourth-order valence-corrected chi connectivity index (χ4v) is 5.00. The fourth-order valence-electron chi connectivity index (χ4n) is 4.78. The lowest BCUT2D eigenvalue weighted by molar-refractivity contribution is -0.136. The molecule has 1 atom stereocenters. The van der Waals surface area contributed by atoms with Crippen molar-refractivity contribution in [3.05, 3.63) is 123 Å². The van der Waals surface area contributed by atoms with Crippen LogP contribution in [0.1, 0.15) is 35.1 Å². The van der Waals surface area contributed by atoms with E-state index in [1.807, 2.05) is 13.8 Å². The quantitative estimate of drug-likeness (QED) is 0.151. The number of benzene rings is 4. The van der Waals surface area contributed by atoms with E-state index in [0.717, 1.165) is 5.56 Å². The molecule has 44 heavy (non-hydrogen) atoms. The van der Waals surface area contributed by atoms with Crippen molar-refractivity contribution >= 4 is 17.6 Å². The lowest BCUT2D eigenvalue weighted by atomic mass is 9.83. The number of nitrogens with zero attached hydrogens (tertiary/aromatic N) is 1. The van der Waals surface area contributed by atoms with Crippen molar-refractivity contribution in [1.29, 1.82) is 5.26 Å². The van der Waals surface area contributed by atoms with E-state index in [1.54, 1.807) is 66.7 Å². The number of hydrogen-bond donors (Lipinski definition) is 1. The van der Waals surface area contributed by atoms with Crippen LogP contribution in [-0.2, 0) is 11.4 Å². The van der Waals surface area contributed by atoms with Crippen LogP contribution in [0, 0.1) is 24.1 Å². The van der Waals surface area contributed by atoms with E-state index >= 15 is 0 Å². The van der Waals surface area contributed by atoms with Gasteiger partial charge in [-0.3, -0.25) is 0 Å². The predicted molar refractivity (Wildman–Crippen MR) is 161 cm³/mol. The van der Waals surface area contributed by atoms with Crippen LogP contribution in [0.4, 0.5) is 4.39 Å². The smallest absolute Gasteiger partial charge is 0.349 e. The summed E-state index contributed by atoms with van der Waals surface area (Å²) in [5.74, 6) is 0.215. The first-order chi connectivity index (χ1) is 21.3. The molecule has 0 radical (unpaired) electrons. The molecule has 10 heteroatoms. The van der Waals surface area contributed by atoms with Crippen LogP contribution >= 0.6 is 11.6 Å². The predicted octanol–water partition coefficient (Wildman–Crippen LogP) is 6.97. The third kappa shape index (κ3) is 6.72. The highest BCUT2D eigenvalue weighted by Crippen LogP contribution is 2.45. The van der Waals surface area contributed by atoms with E-state index in [2.05, 4.69) is 6.07 Å². The first kappa shape index (κ1) is 30.3. The topological polar surface area (TPSA) is 113 Å². The van der Waals surface area contributed by atoms with Crippen molar-refractivity contribution in [1.82, 2.24) is 0 Å². The molecular weight excluding hydrogens is 587 g/mol. The van der Waals surface area contributed by atoms with Crippen molar-refractivity contribution in [3.8, 4) is 34.8 Å². The maximum Gasteiger partial charge on any atom is 0.349 e. The highest BCUT2D eigenvalue weighted by molar-refractivity contribution is 6.30. The Hall–Kier alpha value is -5.20. The van der Waals surface area contributed by atoms with Crippen molar-refractivity contribution in [2.24, 2.45) is 5.73 Å². The van der Waals surface area contributed by atoms with Gasteiger partial charge in [0.15, 0.2) is 18.1 Å². The van der Waals surface area contributed by atoms with Crippen LogP contribution < -0.4 is 29.4 Å². The van der Waals surface area contributed by atoms with Crippen molar-refractivity contribution in [2.75, 3.05) is 13.2 Å². The van der Waals surface area contributed by atoms with Gasteiger partial charge in [-0.2, -0.15) is 5.26 Å². The van der Waals surface area contributed by atoms with Gasteiger partial charge in [-0.1, -0.05) is 41.9 Å². The Balaban J connectivity index is 1.37. The minimum absolute atomic E-state index is 0.00827. The summed E-state index contributed by atoms with van der Waals surface area (Å²) in [5, 5.41) is 10.6. The number of fused-ring (bicyclic) bond motifs is 1. The number of nitrogens with two attached hydrogens (primary N) is 1. The van der Waals surface area contributed by atoms with Gasteiger partial charge in [0.05, 0.1) is 12.5 Å². The van der Waals surface area contributed by atoms with Crippen LogP contribution in [-0.4, -0.2) is 19.2 Å². The molecule has 0 saturated heterocycles. The summed E-state index contributed by atoms with van der Waals surface area (Å²) < 4.78 is 42.7. The molecule has 224 valence electrons. The zero-order chi connectivity index (χ0) is 31.2. The highest BCUT2D eigenvalue weighted by Gasteiger charge is 2.32. The molecular formula is C34H28ClFN2O6. The molecule has 0 spiro atoms. The van der Waals surface area contributed by atoms with Crippen molar-refractivity contribution < 1.29 is 32.9 Å². The number of carbonyl (C=O) groups excluding carboxylic acids is 1. The third-order valence-electron chi connectivity index (χ3n) is 6.85. The lowest BCUT2D eigenvalue weighted by Crippen LogP contribution is -2.22. The number of ether oxygens (including phenoxy) is 5. The van der Waals surface area contributed by atoms with Gasteiger partial charge in [0.1, 0.15) is 41.3 Å². The molecule has 0 fully saturated rings. The zero-order valence-corrected chi connectivity index (χ0v) is 24.7. The summed E-state index contributed by atoms with van der Waals surface area (Å²) in [7, 11) is 0. The summed E-state index contributed by atoms with van der Waals surface area (Å²) in [5.41, 5.74) is 8.89. The number of carbonyl (C=O) groups is 1. The summed E-state index contributed by atoms with van der Waals surface area (Å²) in [4.78, 5) is 12.5. The van der Waals surface area contributed by atoms with Gasteiger partial charge in [0.25, 0.3) is 0 Å². The third-order valence-corrected chi connectivity index (χ3v) is 7.08. The molecule has 0 bridgehead atoms. The molecule has 5 rings (SSSR count). The molecule has 4 aromatic rings. The molecule has 8 nitrogen and oxygen atoms in total. The Kier molecular flexibility index (Phi) is 9.22. The number of aryl methyl sites for hydroxylation is 1. The monoisotopic (exact) mass is 614 g/mol. The van der Waals surface area contributed by atoms with E-state index in [0.29, 0.717) is 51.3 Å². The summed E-state index contributed by atoms with van der Waals surface area (Å²) in [6.45, 7) is 3.69. The van der Waals surface area contributed by atoms with E-state index in [-0.39, 0.29) is 36.2 Å². The second-order valence-electron chi connectivity index (χ2n) is 9.82. The molecule has 1 heterocycles. The number of allylic oxidation sites excluding steroid dienone is 1. The molecule has 1 unspecified atom stereocenters. The maximum absolute atomic E-state index is 14.1. The zero-order valence-electron chi connectivity index (χ0n) is 23.9. The molecule has 0 aromatic heterocycles. The van der Waals surface area contributed by atoms with Crippen LogP contribution in [0.15, 0.2) is 90.3 Å².